The Balaban J connectivity index is 1.98. The normalized spacial score (nSPS) is 20.4. The molecule has 1 aromatic heterocycles. The second-order valence-electron chi connectivity index (χ2n) is 4.86. The Labute approximate surface area is 123 Å². The number of aromatic nitrogens is 1. The largest absolute Gasteiger partial charge is 0.364 e. The minimum absolute atomic E-state index is 0.117. The van der Waals surface area contributed by atoms with Crippen LogP contribution in [0.15, 0.2) is 47.5 Å². The second kappa shape index (κ2) is 5.24. The van der Waals surface area contributed by atoms with Crippen molar-refractivity contribution in [3.05, 3.63) is 53.3 Å². The first-order valence-corrected chi connectivity index (χ1v) is 8.31. The molecule has 0 amide bonds. The van der Waals surface area contributed by atoms with E-state index >= 15 is 0 Å². The fourth-order valence-electron chi connectivity index (χ4n) is 2.65. The molecule has 1 saturated heterocycles. The predicted molar refractivity (Wildman–Crippen MR) is 78.1 cm³/mol. The number of halogens is 1. The smallest absolute Gasteiger partial charge is 0.243 e. The van der Waals surface area contributed by atoms with Crippen LogP contribution in [0.4, 0.5) is 0 Å². The van der Waals surface area contributed by atoms with E-state index in [0.717, 1.165) is 18.5 Å². The number of rotatable bonds is 3. The topological polar surface area (TPSA) is 53.2 Å². The lowest BCUT2D eigenvalue weighted by Gasteiger charge is -2.23. The summed E-state index contributed by atoms with van der Waals surface area (Å²) in [5, 5.41) is 0.432. The van der Waals surface area contributed by atoms with Crippen molar-refractivity contribution in [2.75, 3.05) is 6.54 Å². The van der Waals surface area contributed by atoms with Gasteiger partial charge in [0.1, 0.15) is 0 Å². The van der Waals surface area contributed by atoms with Crippen molar-refractivity contribution in [3.63, 3.8) is 0 Å². The Bertz CT molecular complexity index is 698. The van der Waals surface area contributed by atoms with Crippen LogP contribution in [-0.4, -0.2) is 24.3 Å². The molecule has 0 radical (unpaired) electrons. The molecule has 3 rings (SSSR count). The lowest BCUT2D eigenvalue weighted by molar-refractivity contribution is 0.391. The van der Waals surface area contributed by atoms with E-state index in [-0.39, 0.29) is 10.9 Å². The third kappa shape index (κ3) is 2.37. The molecule has 6 heteroatoms. The first kappa shape index (κ1) is 13.7. The van der Waals surface area contributed by atoms with Crippen LogP contribution in [0.25, 0.3) is 0 Å². The second-order valence-corrected chi connectivity index (χ2v) is 7.18. The van der Waals surface area contributed by atoms with Crippen LogP contribution in [0.1, 0.15) is 24.6 Å². The van der Waals surface area contributed by atoms with E-state index in [0.29, 0.717) is 11.6 Å². The van der Waals surface area contributed by atoms with E-state index in [1.807, 2.05) is 18.3 Å². The van der Waals surface area contributed by atoms with Gasteiger partial charge in [0.25, 0.3) is 0 Å². The minimum atomic E-state index is -3.51. The van der Waals surface area contributed by atoms with Gasteiger partial charge in [-0.05, 0) is 43.2 Å². The molecule has 1 aliphatic heterocycles. The number of hydrogen-bond acceptors (Lipinski definition) is 2. The van der Waals surface area contributed by atoms with Gasteiger partial charge in [-0.25, -0.2) is 8.42 Å². The molecule has 1 atom stereocenters. The molecule has 0 spiro atoms. The van der Waals surface area contributed by atoms with Crippen LogP contribution in [0.3, 0.4) is 0 Å². The van der Waals surface area contributed by atoms with Crippen molar-refractivity contribution in [1.82, 2.24) is 9.29 Å². The molecule has 1 aliphatic rings. The molecule has 106 valence electrons. The number of nitrogens with zero attached hydrogens (tertiary/aromatic N) is 1. The molecule has 20 heavy (non-hydrogen) atoms. The SMILES string of the molecule is O=S(=O)(c1cccc(Cl)c1)N1CCCC1c1ccc[nH]1. The van der Waals surface area contributed by atoms with Crippen LogP contribution in [0.5, 0.6) is 0 Å². The summed E-state index contributed by atoms with van der Waals surface area (Å²) in [5.74, 6) is 0. The van der Waals surface area contributed by atoms with Gasteiger partial charge in [-0.1, -0.05) is 17.7 Å². The summed E-state index contributed by atoms with van der Waals surface area (Å²) in [6, 6.07) is 10.1. The molecule has 0 aliphatic carbocycles. The molecule has 0 saturated carbocycles. The Hall–Kier alpha value is -1.30. The van der Waals surface area contributed by atoms with Crippen molar-refractivity contribution in [2.24, 2.45) is 0 Å². The Kier molecular flexibility index (Phi) is 3.58. The zero-order valence-corrected chi connectivity index (χ0v) is 12.4. The van der Waals surface area contributed by atoms with Crippen molar-refractivity contribution in [1.29, 1.82) is 0 Å². The van der Waals surface area contributed by atoms with Gasteiger partial charge in [0, 0.05) is 23.5 Å². The highest BCUT2D eigenvalue weighted by molar-refractivity contribution is 7.89. The quantitative estimate of drug-likeness (QED) is 0.946. The third-order valence-corrected chi connectivity index (χ3v) is 5.73. The van der Waals surface area contributed by atoms with Gasteiger partial charge in [0.05, 0.1) is 10.9 Å². The monoisotopic (exact) mass is 310 g/mol. The lowest BCUT2D eigenvalue weighted by Crippen LogP contribution is -2.30. The number of H-pyrrole nitrogens is 1. The summed E-state index contributed by atoms with van der Waals surface area (Å²) in [5.41, 5.74) is 0.938. The van der Waals surface area contributed by atoms with Crippen LogP contribution in [0, 0.1) is 0 Å². The average Bonchev–Trinajstić information content (AvgIpc) is 3.09. The van der Waals surface area contributed by atoms with Crippen molar-refractivity contribution in [2.45, 2.75) is 23.8 Å². The summed E-state index contributed by atoms with van der Waals surface area (Å²) in [7, 11) is -3.51. The van der Waals surface area contributed by atoms with E-state index in [2.05, 4.69) is 4.98 Å². The van der Waals surface area contributed by atoms with Crippen LogP contribution < -0.4 is 0 Å². The van der Waals surface area contributed by atoms with Gasteiger partial charge >= 0.3 is 0 Å². The Morgan fingerprint density at radius 3 is 2.80 bits per heavy atom. The molecule has 1 unspecified atom stereocenters. The van der Waals surface area contributed by atoms with Gasteiger partial charge in [-0.15, -0.1) is 0 Å². The average molecular weight is 311 g/mol. The highest BCUT2D eigenvalue weighted by atomic mass is 35.5. The summed E-state index contributed by atoms with van der Waals surface area (Å²) in [6.45, 7) is 0.540. The van der Waals surface area contributed by atoms with Gasteiger partial charge in [0.2, 0.25) is 10.0 Å². The first-order valence-electron chi connectivity index (χ1n) is 6.50. The maximum Gasteiger partial charge on any atom is 0.243 e. The van der Waals surface area contributed by atoms with Gasteiger partial charge < -0.3 is 4.98 Å². The highest BCUT2D eigenvalue weighted by Crippen LogP contribution is 2.36. The minimum Gasteiger partial charge on any atom is -0.364 e. The summed E-state index contributed by atoms with van der Waals surface area (Å²) < 4.78 is 27.1. The number of sulfonamides is 1. The van der Waals surface area contributed by atoms with E-state index in [1.54, 1.807) is 22.5 Å². The predicted octanol–water partition coefficient (Wildman–Crippen LogP) is 3.19. The zero-order valence-electron chi connectivity index (χ0n) is 10.8. The van der Waals surface area contributed by atoms with E-state index < -0.39 is 10.0 Å². The summed E-state index contributed by atoms with van der Waals surface area (Å²) in [6.07, 6.45) is 3.52. The zero-order chi connectivity index (χ0) is 14.2. The Morgan fingerprint density at radius 2 is 2.10 bits per heavy atom. The van der Waals surface area contributed by atoms with E-state index in [9.17, 15) is 8.42 Å². The van der Waals surface area contributed by atoms with Crippen LogP contribution >= 0.6 is 11.6 Å². The molecule has 4 nitrogen and oxygen atoms in total. The highest BCUT2D eigenvalue weighted by Gasteiger charge is 2.36. The van der Waals surface area contributed by atoms with Gasteiger partial charge in [-0.3, -0.25) is 0 Å². The number of nitrogens with one attached hydrogen (secondary N) is 1. The van der Waals surface area contributed by atoms with Crippen molar-refractivity contribution in [3.8, 4) is 0 Å². The van der Waals surface area contributed by atoms with Crippen molar-refractivity contribution < 1.29 is 8.42 Å². The maximum atomic E-state index is 12.7. The molecule has 1 aromatic carbocycles. The van der Waals surface area contributed by atoms with Crippen molar-refractivity contribution >= 4 is 21.6 Å². The summed E-state index contributed by atoms with van der Waals surface area (Å²) in [4.78, 5) is 3.37. The van der Waals surface area contributed by atoms with Crippen LogP contribution in [0.2, 0.25) is 5.02 Å². The molecular weight excluding hydrogens is 296 g/mol. The standard InChI is InChI=1S/C14H15ClN2O2S/c15-11-4-1-5-12(10-11)20(18,19)17-9-3-7-14(17)13-6-2-8-16-13/h1-2,4-6,8,10,14,16H,3,7,9H2. The van der Waals surface area contributed by atoms with E-state index in [1.165, 1.54) is 6.07 Å². The molecule has 2 heterocycles. The molecule has 1 N–H and O–H groups in total. The number of aromatic amines is 1. The fourth-order valence-corrected chi connectivity index (χ4v) is 4.63. The molecule has 2 aromatic rings. The molecular formula is C14H15ClN2O2S. The van der Waals surface area contributed by atoms with Gasteiger partial charge in [0.15, 0.2) is 0 Å². The fraction of sp³-hybridized carbons (Fsp3) is 0.286. The number of hydrogen-bond donors (Lipinski definition) is 1. The Morgan fingerprint density at radius 1 is 1.25 bits per heavy atom. The third-order valence-electron chi connectivity index (χ3n) is 3.59. The first-order chi connectivity index (χ1) is 9.59. The molecule has 0 bridgehead atoms. The number of benzene rings is 1. The van der Waals surface area contributed by atoms with Crippen LogP contribution in [-0.2, 0) is 10.0 Å². The van der Waals surface area contributed by atoms with Gasteiger partial charge in [-0.2, -0.15) is 4.31 Å². The summed E-state index contributed by atoms with van der Waals surface area (Å²) >= 11 is 5.90. The molecule has 1 fully saturated rings. The lowest BCUT2D eigenvalue weighted by atomic mass is 10.2. The maximum absolute atomic E-state index is 12.7. The van der Waals surface area contributed by atoms with E-state index in [4.69, 9.17) is 11.6 Å².